The Morgan fingerprint density at radius 2 is 2.17 bits per heavy atom. The van der Waals surface area contributed by atoms with Crippen molar-refractivity contribution in [2.24, 2.45) is 5.16 Å². The van der Waals surface area contributed by atoms with Crippen molar-refractivity contribution in [3.63, 3.8) is 0 Å². The lowest BCUT2D eigenvalue weighted by Gasteiger charge is -1.82. The predicted molar refractivity (Wildman–Crippen MR) is 51.2 cm³/mol. The summed E-state index contributed by atoms with van der Waals surface area (Å²) in [5.74, 6) is 0. The maximum Gasteiger partial charge on any atom is 0.0834 e. The normalized spacial score (nSPS) is 11.3. The molecule has 0 saturated carbocycles. The first kappa shape index (κ1) is 7.31. The molecule has 3 heteroatoms. The van der Waals surface area contributed by atoms with Crippen LogP contribution in [-0.4, -0.2) is 11.4 Å². The molecule has 0 saturated heterocycles. The molecule has 1 aromatic carbocycles. The molecule has 0 atom stereocenters. The van der Waals surface area contributed by atoms with Gasteiger partial charge in [0, 0.05) is 9.58 Å². The smallest absolute Gasteiger partial charge is 0.0834 e. The average molecular weight is 177 g/mol. The van der Waals surface area contributed by atoms with Crippen LogP contribution in [0.15, 0.2) is 35.5 Å². The molecule has 0 fully saturated rings. The topological polar surface area (TPSA) is 32.6 Å². The van der Waals surface area contributed by atoms with Gasteiger partial charge in [0.15, 0.2) is 0 Å². The summed E-state index contributed by atoms with van der Waals surface area (Å²) in [6.07, 6.45) is 1.45. The molecule has 0 radical (unpaired) electrons. The second-order valence-corrected chi connectivity index (χ2v) is 3.55. The number of fused-ring (bicyclic) bond motifs is 1. The maximum atomic E-state index is 8.32. The molecule has 1 heterocycles. The van der Waals surface area contributed by atoms with E-state index in [9.17, 15) is 0 Å². The largest absolute Gasteiger partial charge is 0.411 e. The summed E-state index contributed by atoms with van der Waals surface area (Å²) in [6.45, 7) is 0. The zero-order valence-electron chi connectivity index (χ0n) is 6.27. The fraction of sp³-hybridized carbons (Fsp3) is 0. The van der Waals surface area contributed by atoms with Crippen molar-refractivity contribution in [2.75, 3.05) is 0 Å². The number of rotatable bonds is 1. The lowest BCUT2D eigenvalue weighted by atomic mass is 10.2. The molecule has 1 aromatic heterocycles. The molecule has 1 N–H and O–H groups in total. The Balaban J connectivity index is 2.62. The molecule has 0 amide bonds. The zero-order valence-corrected chi connectivity index (χ0v) is 7.08. The van der Waals surface area contributed by atoms with Crippen LogP contribution in [-0.2, 0) is 0 Å². The summed E-state index contributed by atoms with van der Waals surface area (Å²) in [7, 11) is 0. The van der Waals surface area contributed by atoms with E-state index >= 15 is 0 Å². The second kappa shape index (κ2) is 2.95. The highest BCUT2D eigenvalue weighted by Gasteiger charge is 1.97. The Labute approximate surface area is 73.8 Å². The summed E-state index contributed by atoms with van der Waals surface area (Å²) < 4.78 is 1.22. The number of thiophene rings is 1. The maximum absolute atomic E-state index is 8.32. The monoisotopic (exact) mass is 177 g/mol. The van der Waals surface area contributed by atoms with Gasteiger partial charge in [0.25, 0.3) is 0 Å². The van der Waals surface area contributed by atoms with E-state index in [1.807, 2.05) is 24.3 Å². The van der Waals surface area contributed by atoms with Gasteiger partial charge in [-0.25, -0.2) is 0 Å². The van der Waals surface area contributed by atoms with E-state index in [0.717, 1.165) is 4.88 Å². The molecule has 2 aromatic rings. The Hall–Kier alpha value is -1.35. The van der Waals surface area contributed by atoms with Crippen LogP contribution in [0.4, 0.5) is 0 Å². The molecule has 0 unspecified atom stereocenters. The average Bonchev–Trinajstić information content (AvgIpc) is 2.47. The van der Waals surface area contributed by atoms with Gasteiger partial charge in [-0.3, -0.25) is 0 Å². The Kier molecular flexibility index (Phi) is 1.80. The van der Waals surface area contributed by atoms with Gasteiger partial charge in [0.2, 0.25) is 0 Å². The van der Waals surface area contributed by atoms with E-state index in [0.29, 0.717) is 0 Å². The van der Waals surface area contributed by atoms with E-state index < -0.39 is 0 Å². The highest BCUT2D eigenvalue weighted by molar-refractivity contribution is 7.20. The van der Waals surface area contributed by atoms with Crippen LogP contribution >= 0.6 is 11.3 Å². The highest BCUT2D eigenvalue weighted by atomic mass is 32.1. The van der Waals surface area contributed by atoms with Crippen molar-refractivity contribution in [1.29, 1.82) is 0 Å². The molecule has 60 valence electrons. The third kappa shape index (κ3) is 1.19. The standard InChI is InChI=1S/C9H7NOS/c11-10-6-8-5-7-3-1-2-4-9(7)12-8/h1-6,11H/b10-6+. The fourth-order valence-corrected chi connectivity index (χ4v) is 2.05. The first-order valence-corrected chi connectivity index (χ1v) is 4.38. The summed E-state index contributed by atoms with van der Waals surface area (Å²) in [6, 6.07) is 10.1. The third-order valence-electron chi connectivity index (χ3n) is 1.63. The van der Waals surface area contributed by atoms with Gasteiger partial charge in [0.05, 0.1) is 6.21 Å². The van der Waals surface area contributed by atoms with Crippen molar-refractivity contribution in [3.05, 3.63) is 35.2 Å². The quantitative estimate of drug-likeness (QED) is 0.405. The Morgan fingerprint density at radius 3 is 2.92 bits per heavy atom. The van der Waals surface area contributed by atoms with Crippen molar-refractivity contribution in [1.82, 2.24) is 0 Å². The Bertz CT molecular complexity index is 386. The van der Waals surface area contributed by atoms with E-state index in [1.165, 1.54) is 16.3 Å². The van der Waals surface area contributed by atoms with E-state index in [1.54, 1.807) is 11.3 Å². The zero-order chi connectivity index (χ0) is 8.39. The number of nitrogens with zero attached hydrogens (tertiary/aromatic N) is 1. The van der Waals surface area contributed by atoms with Crippen LogP contribution in [0.1, 0.15) is 4.88 Å². The Morgan fingerprint density at radius 1 is 1.33 bits per heavy atom. The molecular formula is C9H7NOS. The van der Waals surface area contributed by atoms with Gasteiger partial charge in [0.1, 0.15) is 0 Å². The number of benzene rings is 1. The van der Waals surface area contributed by atoms with Crippen LogP contribution in [0.25, 0.3) is 10.1 Å². The first-order valence-electron chi connectivity index (χ1n) is 3.56. The van der Waals surface area contributed by atoms with Gasteiger partial charge in [-0.1, -0.05) is 23.4 Å². The molecular weight excluding hydrogens is 170 g/mol. The SMILES string of the molecule is O/N=C/c1cc2ccccc2s1. The van der Waals surface area contributed by atoms with Gasteiger partial charge in [-0.05, 0) is 17.5 Å². The third-order valence-corrected chi connectivity index (χ3v) is 2.68. The number of hydrogen-bond donors (Lipinski definition) is 1. The van der Waals surface area contributed by atoms with Gasteiger partial charge in [-0.2, -0.15) is 0 Å². The van der Waals surface area contributed by atoms with Crippen LogP contribution in [0, 0.1) is 0 Å². The van der Waals surface area contributed by atoms with E-state index in [2.05, 4.69) is 11.2 Å². The van der Waals surface area contributed by atoms with Crippen LogP contribution < -0.4 is 0 Å². The molecule has 0 aliphatic heterocycles. The first-order chi connectivity index (χ1) is 5.90. The van der Waals surface area contributed by atoms with Crippen LogP contribution in [0.3, 0.4) is 0 Å². The fourth-order valence-electron chi connectivity index (χ4n) is 1.12. The number of hydrogen-bond acceptors (Lipinski definition) is 3. The molecule has 2 nitrogen and oxygen atoms in total. The lowest BCUT2D eigenvalue weighted by molar-refractivity contribution is 0.322. The van der Waals surface area contributed by atoms with Crippen molar-refractivity contribution < 1.29 is 5.21 Å². The summed E-state index contributed by atoms with van der Waals surface area (Å²) in [5, 5.41) is 12.5. The minimum absolute atomic E-state index is 0.971. The molecule has 0 aliphatic rings. The highest BCUT2D eigenvalue weighted by Crippen LogP contribution is 2.23. The molecule has 0 bridgehead atoms. The van der Waals surface area contributed by atoms with Crippen molar-refractivity contribution in [2.45, 2.75) is 0 Å². The molecule has 12 heavy (non-hydrogen) atoms. The van der Waals surface area contributed by atoms with Crippen molar-refractivity contribution in [3.8, 4) is 0 Å². The van der Waals surface area contributed by atoms with Gasteiger partial charge in [-0.15, -0.1) is 11.3 Å². The van der Waals surface area contributed by atoms with Gasteiger partial charge >= 0.3 is 0 Å². The molecule has 2 rings (SSSR count). The van der Waals surface area contributed by atoms with Crippen LogP contribution in [0.5, 0.6) is 0 Å². The minimum atomic E-state index is 0.971. The molecule has 0 spiro atoms. The lowest BCUT2D eigenvalue weighted by Crippen LogP contribution is -1.68. The predicted octanol–water partition coefficient (Wildman–Crippen LogP) is 2.71. The van der Waals surface area contributed by atoms with Gasteiger partial charge < -0.3 is 5.21 Å². The van der Waals surface area contributed by atoms with E-state index in [-0.39, 0.29) is 0 Å². The summed E-state index contributed by atoms with van der Waals surface area (Å²) in [5.41, 5.74) is 0. The molecule has 0 aliphatic carbocycles. The van der Waals surface area contributed by atoms with E-state index in [4.69, 9.17) is 5.21 Å². The minimum Gasteiger partial charge on any atom is -0.411 e. The second-order valence-electron chi connectivity index (χ2n) is 2.43. The number of oxime groups is 1. The van der Waals surface area contributed by atoms with Crippen LogP contribution in [0.2, 0.25) is 0 Å². The van der Waals surface area contributed by atoms with Crippen molar-refractivity contribution >= 4 is 27.6 Å². The summed E-state index contributed by atoms with van der Waals surface area (Å²) in [4.78, 5) is 0.971. The summed E-state index contributed by atoms with van der Waals surface area (Å²) >= 11 is 1.61.